The highest BCUT2D eigenvalue weighted by molar-refractivity contribution is 5.62. The Balaban J connectivity index is 1.53. The van der Waals surface area contributed by atoms with Gasteiger partial charge >= 0.3 is 0 Å². The van der Waals surface area contributed by atoms with Crippen molar-refractivity contribution in [2.75, 3.05) is 26.7 Å². The van der Waals surface area contributed by atoms with Gasteiger partial charge in [0, 0.05) is 19.6 Å². The first kappa shape index (κ1) is 17.6. The first-order chi connectivity index (χ1) is 13.2. The van der Waals surface area contributed by atoms with E-state index < -0.39 is 0 Å². The van der Waals surface area contributed by atoms with Crippen LogP contribution >= 0.6 is 0 Å². The molecule has 2 aromatic carbocycles. The summed E-state index contributed by atoms with van der Waals surface area (Å²) in [5.41, 5.74) is 1.62. The van der Waals surface area contributed by atoms with Crippen LogP contribution in [0, 0.1) is 5.82 Å². The Kier molecular flexibility index (Phi) is 5.13. The predicted octanol–water partition coefficient (Wildman–Crippen LogP) is 3.03. The van der Waals surface area contributed by atoms with Crippen molar-refractivity contribution in [3.63, 3.8) is 0 Å². The van der Waals surface area contributed by atoms with Crippen molar-refractivity contribution in [1.29, 1.82) is 0 Å². The molecule has 4 rings (SSSR count). The number of hydrogen-bond acceptors (Lipinski definition) is 6. The maximum Gasteiger partial charge on any atom is 0.261 e. The van der Waals surface area contributed by atoms with E-state index in [-0.39, 0.29) is 11.9 Å². The van der Waals surface area contributed by atoms with E-state index in [1.807, 2.05) is 24.3 Å². The average molecular weight is 368 g/mol. The molecule has 0 saturated carbocycles. The number of nitrogens with zero attached hydrogens (tertiary/aromatic N) is 3. The van der Waals surface area contributed by atoms with E-state index in [0.717, 1.165) is 30.8 Å². The summed E-state index contributed by atoms with van der Waals surface area (Å²) < 4.78 is 24.5. The third-order valence-corrected chi connectivity index (χ3v) is 4.68. The number of hydrogen-bond donors (Lipinski definition) is 1. The normalized spacial score (nSPS) is 17.8. The Hall–Kier alpha value is -2.77. The molecule has 0 radical (unpaired) electrons. The van der Waals surface area contributed by atoms with Gasteiger partial charge in [0.05, 0.1) is 11.6 Å². The van der Waals surface area contributed by atoms with Crippen LogP contribution in [0.4, 0.5) is 4.39 Å². The average Bonchev–Trinajstić information content (AvgIpc) is 3.18. The van der Waals surface area contributed by atoms with Gasteiger partial charge in [0.15, 0.2) is 5.82 Å². The van der Waals surface area contributed by atoms with Gasteiger partial charge in [-0.25, -0.2) is 4.39 Å². The Bertz CT molecular complexity index is 897. The van der Waals surface area contributed by atoms with E-state index in [9.17, 15) is 4.39 Å². The number of ether oxygens (including phenoxy) is 1. The Morgan fingerprint density at radius 1 is 1.22 bits per heavy atom. The molecule has 0 aliphatic carbocycles. The van der Waals surface area contributed by atoms with Crippen molar-refractivity contribution in [2.45, 2.75) is 12.6 Å². The van der Waals surface area contributed by atoms with Gasteiger partial charge < -0.3 is 14.6 Å². The first-order valence-electron chi connectivity index (χ1n) is 8.92. The molecule has 1 unspecified atom stereocenters. The summed E-state index contributed by atoms with van der Waals surface area (Å²) in [7, 11) is 2.06. The molecule has 0 amide bonds. The number of nitrogens with one attached hydrogen (secondary N) is 1. The van der Waals surface area contributed by atoms with Gasteiger partial charge in [-0.2, -0.15) is 4.98 Å². The van der Waals surface area contributed by atoms with E-state index in [4.69, 9.17) is 9.26 Å². The van der Waals surface area contributed by atoms with Gasteiger partial charge in [-0.1, -0.05) is 29.4 Å². The second-order valence-corrected chi connectivity index (χ2v) is 6.57. The smallest absolute Gasteiger partial charge is 0.261 e. The molecular formula is C20H21FN4O2. The first-order valence-corrected chi connectivity index (χ1v) is 8.92. The van der Waals surface area contributed by atoms with Crippen LogP contribution in [0.2, 0.25) is 0 Å². The molecule has 6 nitrogen and oxygen atoms in total. The van der Waals surface area contributed by atoms with Crippen molar-refractivity contribution in [2.24, 2.45) is 0 Å². The number of piperazine rings is 1. The molecular weight excluding hydrogens is 347 g/mol. The Morgan fingerprint density at radius 2 is 2.04 bits per heavy atom. The third kappa shape index (κ3) is 3.99. The van der Waals surface area contributed by atoms with Gasteiger partial charge in [-0.05, 0) is 36.9 Å². The summed E-state index contributed by atoms with van der Waals surface area (Å²) in [6, 6.07) is 13.9. The molecule has 7 heteroatoms. The summed E-state index contributed by atoms with van der Waals surface area (Å²) in [5.74, 6) is 1.47. The number of likely N-dealkylation sites (N-methyl/N-ethyl adjacent to an activating group) is 1. The fraction of sp³-hybridized carbons (Fsp3) is 0.300. The quantitative estimate of drug-likeness (QED) is 0.747. The zero-order chi connectivity index (χ0) is 18.6. The third-order valence-electron chi connectivity index (χ3n) is 4.68. The van der Waals surface area contributed by atoms with Gasteiger partial charge in [-0.3, -0.25) is 4.90 Å². The summed E-state index contributed by atoms with van der Waals surface area (Å²) in [4.78, 5) is 6.80. The molecule has 1 aromatic heterocycles. The Morgan fingerprint density at radius 3 is 2.85 bits per heavy atom. The van der Waals surface area contributed by atoms with E-state index in [1.165, 1.54) is 12.1 Å². The second-order valence-electron chi connectivity index (χ2n) is 6.57. The molecule has 1 aliphatic heterocycles. The van der Waals surface area contributed by atoms with Crippen LogP contribution in [-0.4, -0.2) is 41.7 Å². The lowest BCUT2D eigenvalue weighted by Gasteiger charge is -2.30. The van der Waals surface area contributed by atoms with Gasteiger partial charge in [0.1, 0.15) is 18.2 Å². The van der Waals surface area contributed by atoms with E-state index in [2.05, 4.69) is 27.4 Å². The summed E-state index contributed by atoms with van der Waals surface area (Å²) in [6.45, 7) is 3.01. The standard InChI is InChI=1S/C20H21FN4O2/c1-25-11-10-22-12-17(25)19-23-20(27-24-19)16-4-2-3-5-18(16)26-13-14-6-8-15(21)9-7-14/h2-9,17,22H,10-13H2,1H3. The molecule has 2 heterocycles. The second kappa shape index (κ2) is 7.85. The van der Waals surface area contributed by atoms with Crippen molar-refractivity contribution >= 4 is 0 Å². The number of benzene rings is 2. The van der Waals surface area contributed by atoms with Crippen LogP contribution < -0.4 is 10.1 Å². The van der Waals surface area contributed by atoms with Crippen LogP contribution in [-0.2, 0) is 6.61 Å². The molecule has 140 valence electrons. The summed E-state index contributed by atoms with van der Waals surface area (Å²) in [5, 5.41) is 7.52. The molecule has 0 bridgehead atoms. The van der Waals surface area contributed by atoms with Crippen LogP contribution in [0.25, 0.3) is 11.5 Å². The zero-order valence-electron chi connectivity index (χ0n) is 15.1. The van der Waals surface area contributed by atoms with Crippen molar-refractivity contribution in [3.8, 4) is 17.2 Å². The largest absolute Gasteiger partial charge is 0.488 e. The number of halogens is 1. The van der Waals surface area contributed by atoms with E-state index >= 15 is 0 Å². The van der Waals surface area contributed by atoms with Gasteiger partial charge in [0.25, 0.3) is 5.89 Å². The molecule has 1 saturated heterocycles. The maximum atomic E-state index is 13.0. The van der Waals surface area contributed by atoms with Crippen molar-refractivity contribution in [1.82, 2.24) is 20.4 Å². The van der Waals surface area contributed by atoms with Crippen molar-refractivity contribution in [3.05, 3.63) is 65.7 Å². The summed E-state index contributed by atoms with van der Waals surface area (Å²) >= 11 is 0. The van der Waals surface area contributed by atoms with Crippen LogP contribution in [0.5, 0.6) is 5.75 Å². The number of para-hydroxylation sites is 1. The van der Waals surface area contributed by atoms with E-state index in [0.29, 0.717) is 24.1 Å². The lowest BCUT2D eigenvalue weighted by molar-refractivity contribution is 0.190. The minimum absolute atomic E-state index is 0.0866. The highest BCUT2D eigenvalue weighted by Gasteiger charge is 2.26. The molecule has 1 N–H and O–H groups in total. The summed E-state index contributed by atoms with van der Waals surface area (Å²) in [6.07, 6.45) is 0. The van der Waals surface area contributed by atoms with Crippen molar-refractivity contribution < 1.29 is 13.7 Å². The highest BCUT2D eigenvalue weighted by atomic mass is 19.1. The predicted molar refractivity (Wildman–Crippen MR) is 98.7 cm³/mol. The van der Waals surface area contributed by atoms with Crippen LogP contribution in [0.15, 0.2) is 53.1 Å². The van der Waals surface area contributed by atoms with Gasteiger partial charge in [0.2, 0.25) is 0 Å². The monoisotopic (exact) mass is 368 g/mol. The molecule has 1 aliphatic rings. The SMILES string of the molecule is CN1CCNCC1c1noc(-c2ccccc2OCc2ccc(F)cc2)n1. The maximum absolute atomic E-state index is 13.0. The molecule has 0 spiro atoms. The topological polar surface area (TPSA) is 63.4 Å². The van der Waals surface area contributed by atoms with Gasteiger partial charge in [-0.15, -0.1) is 0 Å². The fourth-order valence-electron chi connectivity index (χ4n) is 3.08. The minimum atomic E-state index is -0.264. The van der Waals surface area contributed by atoms with Crippen LogP contribution in [0.1, 0.15) is 17.4 Å². The number of aromatic nitrogens is 2. The molecule has 1 fully saturated rings. The number of rotatable bonds is 5. The lowest BCUT2D eigenvalue weighted by atomic mass is 10.2. The molecule has 27 heavy (non-hydrogen) atoms. The lowest BCUT2D eigenvalue weighted by Crippen LogP contribution is -2.44. The Labute approximate surface area is 157 Å². The van der Waals surface area contributed by atoms with E-state index in [1.54, 1.807) is 12.1 Å². The minimum Gasteiger partial charge on any atom is -0.488 e. The molecule has 3 aromatic rings. The molecule has 1 atom stereocenters. The highest BCUT2D eigenvalue weighted by Crippen LogP contribution is 2.30. The van der Waals surface area contributed by atoms with Crippen LogP contribution in [0.3, 0.4) is 0 Å². The fourth-order valence-corrected chi connectivity index (χ4v) is 3.08. The zero-order valence-corrected chi connectivity index (χ0v) is 15.1.